The molecule has 4 aromatic rings. The highest BCUT2D eigenvalue weighted by molar-refractivity contribution is 6.07. The van der Waals surface area contributed by atoms with Crippen molar-refractivity contribution in [1.29, 1.82) is 0 Å². The molecule has 1 N–H and O–H groups in total. The summed E-state index contributed by atoms with van der Waals surface area (Å²) in [6.07, 6.45) is 3.40. The van der Waals surface area contributed by atoms with Crippen LogP contribution in [0.15, 0.2) is 35.3 Å². The number of benzene rings is 2. The average Bonchev–Trinajstić information content (AvgIpc) is 3.49. The standard InChI is InChI=1S/C25H22F2N4O3/c1-13-7-16-22(29-24(32)17-9-28-31(23(16)17)14-3-2-6-34-12-14)8-15(13)25(33)30-10-18-19(11-30)21(27)5-4-20(18)26/h4-5,7-9,14H,2-3,6,10-12H2,1H3,(H,29,32). The van der Waals surface area contributed by atoms with Crippen LogP contribution in [0.25, 0.3) is 21.8 Å². The van der Waals surface area contributed by atoms with Gasteiger partial charge in [-0.2, -0.15) is 5.10 Å². The molecular weight excluding hydrogens is 442 g/mol. The summed E-state index contributed by atoms with van der Waals surface area (Å²) >= 11 is 0. The quantitative estimate of drug-likeness (QED) is 0.487. The molecule has 0 spiro atoms. The number of fused-ring (bicyclic) bond motifs is 4. The van der Waals surface area contributed by atoms with Crippen LogP contribution in [0.3, 0.4) is 0 Å². The summed E-state index contributed by atoms with van der Waals surface area (Å²) in [5, 5.41) is 5.76. The van der Waals surface area contributed by atoms with Crippen LogP contribution in [0.1, 0.15) is 45.9 Å². The second-order valence-corrected chi connectivity index (χ2v) is 9.04. The van der Waals surface area contributed by atoms with Gasteiger partial charge in [0.1, 0.15) is 11.6 Å². The molecule has 0 saturated carbocycles. The number of rotatable bonds is 2. The number of hydrogen-bond acceptors (Lipinski definition) is 4. The fourth-order valence-electron chi connectivity index (χ4n) is 5.15. The van der Waals surface area contributed by atoms with Crippen LogP contribution in [0.2, 0.25) is 0 Å². The molecule has 34 heavy (non-hydrogen) atoms. The van der Waals surface area contributed by atoms with Gasteiger partial charge in [0.2, 0.25) is 0 Å². The molecule has 0 bridgehead atoms. The molecule has 1 fully saturated rings. The molecule has 1 atom stereocenters. The third kappa shape index (κ3) is 3.14. The summed E-state index contributed by atoms with van der Waals surface area (Å²) in [5.41, 5.74) is 2.44. The van der Waals surface area contributed by atoms with E-state index >= 15 is 0 Å². The molecule has 174 valence electrons. The lowest BCUT2D eigenvalue weighted by atomic mass is 10.0. The first-order chi connectivity index (χ1) is 16.4. The van der Waals surface area contributed by atoms with Crippen molar-refractivity contribution >= 4 is 27.7 Å². The Balaban J connectivity index is 1.44. The molecule has 2 aromatic carbocycles. The van der Waals surface area contributed by atoms with Crippen LogP contribution in [-0.2, 0) is 17.8 Å². The first kappa shape index (κ1) is 21.0. The SMILES string of the molecule is Cc1cc2c(cc1C(=O)N1Cc3c(F)ccc(F)c3C1)[nH]c(=O)c1cnn(C3CCCOC3)c12. The number of ether oxygens (including phenoxy) is 1. The summed E-state index contributed by atoms with van der Waals surface area (Å²) in [7, 11) is 0. The number of carbonyl (C=O) groups excluding carboxylic acids is 1. The zero-order chi connectivity index (χ0) is 23.6. The molecule has 4 heterocycles. The summed E-state index contributed by atoms with van der Waals surface area (Å²) in [6.45, 7) is 3.07. The van der Waals surface area contributed by atoms with Crippen molar-refractivity contribution in [2.75, 3.05) is 13.2 Å². The number of carbonyl (C=O) groups is 1. The van der Waals surface area contributed by atoms with Gasteiger partial charge in [0.25, 0.3) is 11.5 Å². The van der Waals surface area contributed by atoms with Gasteiger partial charge in [-0.3, -0.25) is 14.3 Å². The first-order valence-electron chi connectivity index (χ1n) is 11.3. The van der Waals surface area contributed by atoms with E-state index in [2.05, 4.69) is 10.1 Å². The fraction of sp³-hybridized carbons (Fsp3) is 0.320. The molecule has 7 nitrogen and oxygen atoms in total. The maximum absolute atomic E-state index is 14.2. The number of nitrogens with one attached hydrogen (secondary N) is 1. The second kappa shape index (κ2) is 7.73. The number of aromatic nitrogens is 3. The summed E-state index contributed by atoms with van der Waals surface area (Å²) in [6, 6.07) is 5.72. The molecule has 1 saturated heterocycles. The minimum absolute atomic E-state index is 0.000751. The number of aromatic amines is 1. The number of hydrogen-bond donors (Lipinski definition) is 1. The lowest BCUT2D eigenvalue weighted by Gasteiger charge is -2.23. The fourth-order valence-corrected chi connectivity index (χ4v) is 5.15. The minimum Gasteiger partial charge on any atom is -0.379 e. The molecule has 1 amide bonds. The number of pyridine rings is 1. The number of H-pyrrole nitrogens is 1. The minimum atomic E-state index is -0.520. The third-order valence-electron chi connectivity index (χ3n) is 6.92. The van der Waals surface area contributed by atoms with Crippen LogP contribution in [0.4, 0.5) is 8.78 Å². The normalized spacial score (nSPS) is 18.1. The average molecular weight is 464 g/mol. The first-order valence-corrected chi connectivity index (χ1v) is 11.3. The van der Waals surface area contributed by atoms with Crippen LogP contribution in [0, 0.1) is 18.6 Å². The Labute approximate surface area is 192 Å². The van der Waals surface area contributed by atoms with Crippen LogP contribution >= 0.6 is 0 Å². The molecule has 0 radical (unpaired) electrons. The summed E-state index contributed by atoms with van der Waals surface area (Å²) in [4.78, 5) is 30.5. The van der Waals surface area contributed by atoms with E-state index in [1.165, 1.54) is 4.90 Å². The predicted octanol–water partition coefficient (Wildman–Crippen LogP) is 3.97. The van der Waals surface area contributed by atoms with Crippen molar-refractivity contribution in [2.45, 2.75) is 38.9 Å². The molecule has 1 unspecified atom stereocenters. The van der Waals surface area contributed by atoms with Crippen molar-refractivity contribution in [3.8, 4) is 0 Å². The Morgan fingerprint density at radius 3 is 2.56 bits per heavy atom. The highest BCUT2D eigenvalue weighted by atomic mass is 19.1. The van der Waals surface area contributed by atoms with E-state index in [9.17, 15) is 18.4 Å². The largest absolute Gasteiger partial charge is 0.379 e. The van der Waals surface area contributed by atoms with Gasteiger partial charge in [0.15, 0.2) is 0 Å². The lowest BCUT2D eigenvalue weighted by Crippen LogP contribution is -2.26. The molecular formula is C25H22F2N4O3. The highest BCUT2D eigenvalue weighted by Crippen LogP contribution is 2.32. The third-order valence-corrected chi connectivity index (χ3v) is 6.92. The summed E-state index contributed by atoms with van der Waals surface area (Å²) < 4.78 is 35.9. The Bertz CT molecular complexity index is 1500. The highest BCUT2D eigenvalue weighted by Gasteiger charge is 2.30. The summed E-state index contributed by atoms with van der Waals surface area (Å²) in [5.74, 6) is -1.38. The molecule has 2 aliphatic rings. The zero-order valence-corrected chi connectivity index (χ0v) is 18.5. The van der Waals surface area contributed by atoms with E-state index in [1.807, 2.05) is 17.7 Å². The van der Waals surface area contributed by atoms with E-state index < -0.39 is 11.6 Å². The van der Waals surface area contributed by atoms with Crippen molar-refractivity contribution < 1.29 is 18.3 Å². The Hall–Kier alpha value is -3.59. The van der Waals surface area contributed by atoms with Gasteiger partial charge in [0.05, 0.1) is 35.3 Å². The maximum Gasteiger partial charge on any atom is 0.259 e. The van der Waals surface area contributed by atoms with Gasteiger partial charge >= 0.3 is 0 Å². The van der Waals surface area contributed by atoms with E-state index in [-0.39, 0.29) is 41.7 Å². The van der Waals surface area contributed by atoms with E-state index in [0.29, 0.717) is 34.2 Å². The number of aryl methyl sites for hydroxylation is 1. The second-order valence-electron chi connectivity index (χ2n) is 9.04. The van der Waals surface area contributed by atoms with E-state index in [1.54, 1.807) is 12.3 Å². The number of nitrogens with zero attached hydrogens (tertiary/aromatic N) is 3. The Morgan fingerprint density at radius 1 is 1.15 bits per heavy atom. The molecule has 9 heteroatoms. The lowest BCUT2D eigenvalue weighted by molar-refractivity contribution is 0.0565. The van der Waals surface area contributed by atoms with Crippen molar-refractivity contribution in [3.05, 3.63) is 74.7 Å². The zero-order valence-electron chi connectivity index (χ0n) is 18.5. The van der Waals surface area contributed by atoms with Crippen molar-refractivity contribution in [3.63, 3.8) is 0 Å². The smallest absolute Gasteiger partial charge is 0.259 e. The van der Waals surface area contributed by atoms with Crippen molar-refractivity contribution in [2.24, 2.45) is 0 Å². The Kier molecular flexibility index (Phi) is 4.77. The maximum atomic E-state index is 14.2. The monoisotopic (exact) mass is 464 g/mol. The van der Waals surface area contributed by atoms with Gasteiger partial charge in [0, 0.05) is 41.8 Å². The number of amides is 1. The molecule has 2 aromatic heterocycles. The Morgan fingerprint density at radius 2 is 1.88 bits per heavy atom. The van der Waals surface area contributed by atoms with Crippen LogP contribution in [-0.4, -0.2) is 38.8 Å². The molecule has 6 rings (SSSR count). The molecule has 2 aliphatic heterocycles. The van der Waals surface area contributed by atoms with Gasteiger partial charge in [-0.05, 0) is 49.6 Å². The van der Waals surface area contributed by atoms with Gasteiger partial charge in [-0.25, -0.2) is 8.78 Å². The van der Waals surface area contributed by atoms with Crippen LogP contribution in [0.5, 0.6) is 0 Å². The number of halogens is 2. The topological polar surface area (TPSA) is 80.2 Å². The molecule has 0 aliphatic carbocycles. The predicted molar refractivity (Wildman–Crippen MR) is 122 cm³/mol. The van der Waals surface area contributed by atoms with Gasteiger partial charge in [-0.15, -0.1) is 0 Å². The van der Waals surface area contributed by atoms with E-state index in [0.717, 1.165) is 37.0 Å². The van der Waals surface area contributed by atoms with Crippen LogP contribution < -0.4 is 5.56 Å². The van der Waals surface area contributed by atoms with Crippen molar-refractivity contribution in [1.82, 2.24) is 19.7 Å². The van der Waals surface area contributed by atoms with Gasteiger partial charge in [-0.1, -0.05) is 0 Å². The van der Waals surface area contributed by atoms with E-state index in [4.69, 9.17) is 4.74 Å². The van der Waals surface area contributed by atoms with Gasteiger partial charge < -0.3 is 14.6 Å².